The van der Waals surface area contributed by atoms with E-state index in [0.29, 0.717) is 36.7 Å². The number of hydrogen-bond acceptors (Lipinski definition) is 6. The number of fused-ring (bicyclic) bond motifs is 4. The molecule has 6 nitrogen and oxygen atoms in total. The molecule has 0 unspecified atom stereocenters. The highest BCUT2D eigenvalue weighted by molar-refractivity contribution is 6.36. The Morgan fingerprint density at radius 2 is 1.84 bits per heavy atom. The number of piperidine rings is 1. The van der Waals surface area contributed by atoms with Crippen LogP contribution >= 0.6 is 11.6 Å². The van der Waals surface area contributed by atoms with Crippen LogP contribution in [-0.4, -0.2) is 59.7 Å². The van der Waals surface area contributed by atoms with Crippen LogP contribution < -0.4 is 15.0 Å². The fraction of sp³-hybridized carbons (Fsp3) is 0.533. The van der Waals surface area contributed by atoms with Crippen LogP contribution in [0.5, 0.6) is 6.01 Å². The predicted octanol–water partition coefficient (Wildman–Crippen LogP) is 5.32. The molecule has 4 aliphatic rings. The first-order valence-electron chi connectivity index (χ1n) is 14.0. The van der Waals surface area contributed by atoms with E-state index in [9.17, 15) is 0 Å². The van der Waals surface area contributed by atoms with Crippen LogP contribution in [0.1, 0.15) is 61.4 Å². The molecule has 1 N–H and O–H groups in total. The molecule has 0 spiro atoms. The molecule has 0 amide bonds. The zero-order valence-corrected chi connectivity index (χ0v) is 22.4. The second kappa shape index (κ2) is 9.72. The highest BCUT2D eigenvalue weighted by Gasteiger charge is 2.37. The van der Waals surface area contributed by atoms with Crippen molar-refractivity contribution in [2.45, 2.75) is 75.5 Å². The molecular weight excluding hydrogens is 482 g/mol. The van der Waals surface area contributed by atoms with E-state index in [2.05, 4.69) is 46.4 Å². The van der Waals surface area contributed by atoms with Gasteiger partial charge in [-0.05, 0) is 81.6 Å². The van der Waals surface area contributed by atoms with Gasteiger partial charge in [-0.2, -0.15) is 9.97 Å². The second-order valence-corrected chi connectivity index (χ2v) is 11.9. The Morgan fingerprint density at radius 3 is 2.62 bits per heavy atom. The lowest BCUT2D eigenvalue weighted by Gasteiger charge is -2.35. The molecule has 0 radical (unpaired) electrons. The summed E-state index contributed by atoms with van der Waals surface area (Å²) >= 11 is 6.70. The van der Waals surface area contributed by atoms with E-state index in [1.165, 1.54) is 60.9 Å². The molecule has 4 aliphatic heterocycles. The van der Waals surface area contributed by atoms with Crippen molar-refractivity contribution >= 4 is 28.1 Å². The molecule has 4 atom stereocenters. The van der Waals surface area contributed by atoms with E-state index in [0.717, 1.165) is 42.2 Å². The lowest BCUT2D eigenvalue weighted by Crippen LogP contribution is -2.39. The van der Waals surface area contributed by atoms with Crippen LogP contribution in [0.4, 0.5) is 5.69 Å². The van der Waals surface area contributed by atoms with Gasteiger partial charge in [-0.3, -0.25) is 0 Å². The number of benzene rings is 2. The van der Waals surface area contributed by atoms with Gasteiger partial charge in [0.2, 0.25) is 0 Å². The number of rotatable bonds is 5. The van der Waals surface area contributed by atoms with Crippen molar-refractivity contribution in [3.63, 3.8) is 0 Å². The average Bonchev–Trinajstić information content (AvgIpc) is 3.49. The van der Waals surface area contributed by atoms with Gasteiger partial charge >= 0.3 is 6.01 Å². The minimum absolute atomic E-state index is 0.451. The Kier molecular flexibility index (Phi) is 6.22. The molecule has 7 rings (SSSR count). The molecule has 2 aromatic carbocycles. The van der Waals surface area contributed by atoms with Crippen molar-refractivity contribution < 1.29 is 4.74 Å². The fourth-order valence-electron chi connectivity index (χ4n) is 7.22. The zero-order valence-electron chi connectivity index (χ0n) is 21.6. The third-order valence-electron chi connectivity index (χ3n) is 9.19. The number of nitrogens with zero attached hydrogens (tertiary/aromatic N) is 4. The summed E-state index contributed by atoms with van der Waals surface area (Å²) in [6, 6.07) is 14.9. The number of ether oxygens (including phenoxy) is 1. The van der Waals surface area contributed by atoms with E-state index >= 15 is 0 Å². The average molecular weight is 518 g/mol. The van der Waals surface area contributed by atoms with Gasteiger partial charge in [-0.1, -0.05) is 35.9 Å². The smallest absolute Gasteiger partial charge is 0.316 e. The van der Waals surface area contributed by atoms with Crippen LogP contribution in [-0.2, 0) is 13.0 Å². The maximum absolute atomic E-state index is 6.70. The van der Waals surface area contributed by atoms with Gasteiger partial charge < -0.3 is 19.9 Å². The molecule has 3 fully saturated rings. The Morgan fingerprint density at radius 1 is 1.03 bits per heavy atom. The maximum atomic E-state index is 6.70. The van der Waals surface area contributed by atoms with Crippen LogP contribution in [0.25, 0.3) is 10.8 Å². The quantitative estimate of drug-likeness (QED) is 0.494. The molecule has 194 valence electrons. The molecular formula is C30H36ClN5O. The van der Waals surface area contributed by atoms with Crippen molar-refractivity contribution in [3.05, 3.63) is 58.4 Å². The van der Waals surface area contributed by atoms with Crippen molar-refractivity contribution in [1.82, 2.24) is 20.2 Å². The van der Waals surface area contributed by atoms with Crippen molar-refractivity contribution in [1.29, 1.82) is 0 Å². The van der Waals surface area contributed by atoms with Gasteiger partial charge in [0, 0.05) is 41.7 Å². The molecule has 0 aliphatic carbocycles. The first-order valence-corrected chi connectivity index (χ1v) is 14.4. The second-order valence-electron chi connectivity index (χ2n) is 11.5. The van der Waals surface area contributed by atoms with E-state index < -0.39 is 0 Å². The lowest BCUT2D eigenvalue weighted by molar-refractivity contribution is 0.186. The van der Waals surface area contributed by atoms with Gasteiger partial charge in [0.15, 0.2) is 0 Å². The minimum atomic E-state index is 0.451. The SMILES string of the molecule is CN1CCC[C@H]1COc1nc2c(c([C@@H]3C[C@H]4CC[C@@H](C3)N4)n1)CCN(c1cccc3cccc(Cl)c13)C2. The number of halogens is 1. The topological polar surface area (TPSA) is 53.5 Å². The summed E-state index contributed by atoms with van der Waals surface area (Å²) in [5, 5.41) is 6.90. The standard InChI is InChI=1S/C30H36ClN5O/c1-35-13-4-7-23(35)18-37-30-33-26-17-36(27-9-3-6-19-5-2-8-25(31)28(19)27)14-12-24(26)29(34-30)20-15-21-10-11-22(16-20)32-21/h2-3,5-6,8-9,20-23,32H,4,7,10-18H2,1H3/t20-,21-,22+,23-/m0/s1. The molecule has 3 aromatic rings. The van der Waals surface area contributed by atoms with E-state index in [1.807, 2.05) is 12.1 Å². The number of likely N-dealkylation sites (tertiary alicyclic amines) is 1. The summed E-state index contributed by atoms with van der Waals surface area (Å²) in [6.07, 6.45) is 8.31. The zero-order chi connectivity index (χ0) is 24.9. The fourth-order valence-corrected chi connectivity index (χ4v) is 7.50. The molecule has 37 heavy (non-hydrogen) atoms. The number of nitrogens with one attached hydrogen (secondary N) is 1. The first kappa shape index (κ1) is 23.7. The van der Waals surface area contributed by atoms with Crippen LogP contribution in [0.2, 0.25) is 5.02 Å². The monoisotopic (exact) mass is 517 g/mol. The first-order chi connectivity index (χ1) is 18.1. The van der Waals surface area contributed by atoms with Crippen molar-refractivity contribution in [3.8, 4) is 6.01 Å². The number of hydrogen-bond donors (Lipinski definition) is 1. The van der Waals surface area contributed by atoms with Crippen LogP contribution in [0, 0.1) is 0 Å². The van der Waals surface area contributed by atoms with E-state index in [1.54, 1.807) is 0 Å². The van der Waals surface area contributed by atoms with Crippen LogP contribution in [0.15, 0.2) is 36.4 Å². The highest BCUT2D eigenvalue weighted by atomic mass is 35.5. The summed E-state index contributed by atoms with van der Waals surface area (Å²) in [6.45, 7) is 3.50. The van der Waals surface area contributed by atoms with Crippen molar-refractivity contribution in [2.24, 2.45) is 0 Å². The summed E-state index contributed by atoms with van der Waals surface area (Å²) in [7, 11) is 2.19. The normalized spacial score (nSPS) is 27.6. The largest absolute Gasteiger partial charge is 0.462 e. The summed E-state index contributed by atoms with van der Waals surface area (Å²) in [5.74, 6) is 0.491. The van der Waals surface area contributed by atoms with Crippen molar-refractivity contribution in [2.75, 3.05) is 31.6 Å². The summed E-state index contributed by atoms with van der Waals surface area (Å²) < 4.78 is 6.34. The Bertz CT molecular complexity index is 1300. The maximum Gasteiger partial charge on any atom is 0.316 e. The molecule has 5 heterocycles. The van der Waals surface area contributed by atoms with Gasteiger partial charge in [-0.15, -0.1) is 0 Å². The molecule has 0 saturated carbocycles. The lowest BCUT2D eigenvalue weighted by atomic mass is 9.85. The summed E-state index contributed by atoms with van der Waals surface area (Å²) in [5.41, 5.74) is 4.93. The molecule has 2 bridgehead atoms. The third kappa shape index (κ3) is 4.47. The van der Waals surface area contributed by atoms with Gasteiger partial charge in [0.25, 0.3) is 0 Å². The van der Waals surface area contributed by atoms with Gasteiger partial charge in [0.05, 0.1) is 23.0 Å². The molecule has 3 saturated heterocycles. The van der Waals surface area contributed by atoms with E-state index in [4.69, 9.17) is 26.3 Å². The molecule has 1 aromatic heterocycles. The predicted molar refractivity (Wildman–Crippen MR) is 149 cm³/mol. The number of anilines is 1. The summed E-state index contributed by atoms with van der Waals surface area (Å²) in [4.78, 5) is 15.0. The highest BCUT2D eigenvalue weighted by Crippen LogP contribution is 2.41. The Hall–Kier alpha value is -2.41. The number of aromatic nitrogens is 2. The number of likely N-dealkylation sites (N-methyl/N-ethyl adjacent to an activating group) is 1. The Labute approximate surface area is 224 Å². The van der Waals surface area contributed by atoms with Gasteiger partial charge in [-0.25, -0.2) is 0 Å². The minimum Gasteiger partial charge on any atom is -0.462 e. The molecule has 7 heteroatoms. The van der Waals surface area contributed by atoms with Gasteiger partial charge in [0.1, 0.15) is 6.61 Å². The third-order valence-corrected chi connectivity index (χ3v) is 9.50. The Balaban J connectivity index is 1.23. The van der Waals surface area contributed by atoms with E-state index in [-0.39, 0.29) is 0 Å². The van der Waals surface area contributed by atoms with Crippen LogP contribution in [0.3, 0.4) is 0 Å².